The molecule has 0 aliphatic heterocycles. The van der Waals surface area contributed by atoms with Crippen LogP contribution in [0.15, 0.2) is 35.9 Å². The summed E-state index contributed by atoms with van der Waals surface area (Å²) in [5.41, 5.74) is 2.84. The molecule has 0 saturated carbocycles. The lowest BCUT2D eigenvalue weighted by Gasteiger charge is -2.22. The van der Waals surface area contributed by atoms with Gasteiger partial charge in [-0.1, -0.05) is 93.0 Å². The standard InChI is InChI=1S/C32H51N3O5.C2H6/c1-21(2)29(35-27(36)15-10-23(5)18-24(6)16-17-32(7,8)9)30(38)33-19-28(37)34-26-13-11-25(12-14-26)20-40-31(39)22(3)4;1-2/h11-14,18,21-22,24,29H,10,15-17,19-20H2,1-9H3,(H,33,38)(H,34,37)(H,35,36);1-2H3/b23-18+;. The van der Waals surface area contributed by atoms with E-state index in [-0.39, 0.29) is 42.8 Å². The van der Waals surface area contributed by atoms with Crippen molar-refractivity contribution in [2.75, 3.05) is 11.9 Å². The molecular weight excluding hydrogens is 530 g/mol. The van der Waals surface area contributed by atoms with Crippen molar-refractivity contribution in [1.29, 1.82) is 0 Å². The van der Waals surface area contributed by atoms with Crippen molar-refractivity contribution < 1.29 is 23.9 Å². The topological polar surface area (TPSA) is 114 Å². The highest BCUT2D eigenvalue weighted by Crippen LogP contribution is 2.25. The summed E-state index contributed by atoms with van der Waals surface area (Å²) >= 11 is 0. The van der Waals surface area contributed by atoms with Gasteiger partial charge in [0.15, 0.2) is 0 Å². The molecule has 238 valence electrons. The van der Waals surface area contributed by atoms with Gasteiger partial charge >= 0.3 is 5.97 Å². The number of hydrogen-bond acceptors (Lipinski definition) is 5. The van der Waals surface area contributed by atoms with Crippen molar-refractivity contribution in [2.24, 2.45) is 23.2 Å². The number of allylic oxidation sites excluding steroid dienone is 2. The van der Waals surface area contributed by atoms with Gasteiger partial charge in [-0.2, -0.15) is 0 Å². The van der Waals surface area contributed by atoms with Crippen molar-refractivity contribution in [2.45, 2.75) is 114 Å². The first-order chi connectivity index (χ1) is 19.6. The highest BCUT2D eigenvalue weighted by Gasteiger charge is 2.24. The molecule has 0 bridgehead atoms. The Morgan fingerprint density at radius 3 is 2.02 bits per heavy atom. The molecule has 0 aromatic heterocycles. The third kappa shape index (κ3) is 17.6. The van der Waals surface area contributed by atoms with Gasteiger partial charge in [0.25, 0.3) is 0 Å². The van der Waals surface area contributed by atoms with Gasteiger partial charge in [0.1, 0.15) is 12.6 Å². The van der Waals surface area contributed by atoms with E-state index >= 15 is 0 Å². The van der Waals surface area contributed by atoms with E-state index in [1.807, 2.05) is 34.6 Å². The maximum absolute atomic E-state index is 12.8. The normalized spacial score (nSPS) is 13.0. The van der Waals surface area contributed by atoms with Crippen molar-refractivity contribution >= 4 is 29.4 Å². The van der Waals surface area contributed by atoms with Crippen molar-refractivity contribution in [3.8, 4) is 0 Å². The first-order valence-corrected chi connectivity index (χ1v) is 15.4. The Morgan fingerprint density at radius 2 is 1.50 bits per heavy atom. The Bertz CT molecular complexity index is 1010. The predicted molar refractivity (Wildman–Crippen MR) is 172 cm³/mol. The molecule has 1 aromatic rings. The molecule has 0 saturated heterocycles. The van der Waals surface area contributed by atoms with Gasteiger partial charge in [0.05, 0.1) is 12.5 Å². The number of rotatable bonds is 15. The molecule has 42 heavy (non-hydrogen) atoms. The highest BCUT2D eigenvalue weighted by atomic mass is 16.5. The first-order valence-electron chi connectivity index (χ1n) is 15.4. The largest absolute Gasteiger partial charge is 0.461 e. The van der Waals surface area contributed by atoms with Crippen LogP contribution in [-0.2, 0) is 30.5 Å². The summed E-state index contributed by atoms with van der Waals surface area (Å²) in [4.78, 5) is 49.4. The SMILES string of the molecule is C/C(=C\C(C)CCC(C)(C)C)CCC(=O)NC(C(=O)NCC(=O)Nc1ccc(COC(=O)C(C)C)cc1)C(C)C.CC. The second kappa shape index (κ2) is 19.9. The van der Waals surface area contributed by atoms with E-state index in [4.69, 9.17) is 4.74 Å². The molecule has 0 spiro atoms. The average Bonchev–Trinajstić information content (AvgIpc) is 2.92. The zero-order valence-electron chi connectivity index (χ0n) is 28.0. The monoisotopic (exact) mass is 587 g/mol. The summed E-state index contributed by atoms with van der Waals surface area (Å²) in [7, 11) is 0. The van der Waals surface area contributed by atoms with Crippen molar-refractivity contribution in [1.82, 2.24) is 10.6 Å². The molecule has 1 rings (SSSR count). The molecule has 2 atom stereocenters. The zero-order valence-corrected chi connectivity index (χ0v) is 28.0. The maximum Gasteiger partial charge on any atom is 0.308 e. The van der Waals surface area contributed by atoms with E-state index in [1.54, 1.807) is 38.1 Å². The molecule has 2 unspecified atom stereocenters. The molecule has 8 heteroatoms. The van der Waals surface area contributed by atoms with Gasteiger partial charge in [0, 0.05) is 12.1 Å². The summed E-state index contributed by atoms with van der Waals surface area (Å²) in [6, 6.07) is 6.20. The Hall–Kier alpha value is -3.16. The fourth-order valence-corrected chi connectivity index (χ4v) is 3.89. The average molecular weight is 588 g/mol. The summed E-state index contributed by atoms with van der Waals surface area (Å²) in [5.74, 6) is -1.12. The second-order valence-corrected chi connectivity index (χ2v) is 12.6. The number of carbonyl (C=O) groups is 4. The summed E-state index contributed by atoms with van der Waals surface area (Å²) in [6.45, 7) is 22.2. The van der Waals surface area contributed by atoms with Crippen LogP contribution in [0, 0.1) is 23.2 Å². The lowest BCUT2D eigenvalue weighted by atomic mass is 9.86. The van der Waals surface area contributed by atoms with Gasteiger partial charge in [-0.25, -0.2) is 0 Å². The van der Waals surface area contributed by atoms with E-state index < -0.39 is 11.9 Å². The molecule has 1 aromatic carbocycles. The van der Waals surface area contributed by atoms with E-state index in [2.05, 4.69) is 49.7 Å². The number of ether oxygens (including phenoxy) is 1. The van der Waals surface area contributed by atoms with Gasteiger partial charge in [-0.15, -0.1) is 0 Å². The Morgan fingerprint density at radius 1 is 0.905 bits per heavy atom. The van der Waals surface area contributed by atoms with E-state index in [0.29, 0.717) is 29.9 Å². The van der Waals surface area contributed by atoms with Gasteiger partial charge in [0.2, 0.25) is 17.7 Å². The van der Waals surface area contributed by atoms with Gasteiger partial charge in [-0.05, 0) is 61.1 Å². The lowest BCUT2D eigenvalue weighted by molar-refractivity contribution is -0.148. The number of hydrogen-bond donors (Lipinski definition) is 3. The second-order valence-electron chi connectivity index (χ2n) is 12.6. The van der Waals surface area contributed by atoms with Crippen molar-refractivity contribution in [3.63, 3.8) is 0 Å². The molecule has 3 N–H and O–H groups in total. The Labute approximate surface area is 254 Å². The smallest absolute Gasteiger partial charge is 0.308 e. The molecule has 3 amide bonds. The highest BCUT2D eigenvalue weighted by molar-refractivity contribution is 5.96. The number of nitrogens with one attached hydrogen (secondary N) is 3. The molecular formula is C34H57N3O5. The number of esters is 1. The number of carbonyl (C=O) groups excluding carboxylic acids is 4. The summed E-state index contributed by atoms with van der Waals surface area (Å²) < 4.78 is 5.20. The Balaban J connectivity index is 0.00000821. The molecule has 0 aliphatic rings. The minimum absolute atomic E-state index is 0.140. The lowest BCUT2D eigenvalue weighted by Crippen LogP contribution is -2.51. The van der Waals surface area contributed by atoms with Crippen LogP contribution in [0.25, 0.3) is 0 Å². The van der Waals surface area contributed by atoms with Crippen molar-refractivity contribution in [3.05, 3.63) is 41.5 Å². The van der Waals surface area contributed by atoms with Crippen LogP contribution in [0.3, 0.4) is 0 Å². The number of anilines is 1. The maximum atomic E-state index is 12.8. The minimum Gasteiger partial charge on any atom is -0.461 e. The van der Waals surface area contributed by atoms with Crippen LogP contribution in [-0.4, -0.2) is 36.3 Å². The zero-order chi connectivity index (χ0) is 32.5. The third-order valence-electron chi connectivity index (χ3n) is 6.44. The minimum atomic E-state index is -0.733. The van der Waals surface area contributed by atoms with Crippen LogP contribution >= 0.6 is 0 Å². The van der Waals surface area contributed by atoms with Crippen LogP contribution in [0.5, 0.6) is 0 Å². The van der Waals surface area contributed by atoms with E-state index in [0.717, 1.165) is 18.4 Å². The number of amides is 3. The fraction of sp³-hybridized carbons (Fsp3) is 0.647. The Kier molecular flexibility index (Phi) is 18.4. The predicted octanol–water partition coefficient (Wildman–Crippen LogP) is 6.80. The fourth-order valence-electron chi connectivity index (χ4n) is 3.89. The molecule has 0 fully saturated rings. The van der Waals surface area contributed by atoms with Gasteiger partial charge in [-0.3, -0.25) is 19.2 Å². The number of benzene rings is 1. The van der Waals surface area contributed by atoms with E-state index in [1.165, 1.54) is 5.57 Å². The van der Waals surface area contributed by atoms with Crippen LogP contribution < -0.4 is 16.0 Å². The van der Waals surface area contributed by atoms with Crippen LogP contribution in [0.1, 0.15) is 107 Å². The molecule has 0 aliphatic carbocycles. The summed E-state index contributed by atoms with van der Waals surface area (Å²) in [5, 5.41) is 8.18. The molecule has 8 nitrogen and oxygen atoms in total. The van der Waals surface area contributed by atoms with E-state index in [9.17, 15) is 19.2 Å². The first kappa shape index (κ1) is 38.8. The van der Waals surface area contributed by atoms with Gasteiger partial charge < -0.3 is 20.7 Å². The van der Waals surface area contributed by atoms with Crippen LogP contribution in [0.4, 0.5) is 5.69 Å². The quantitative estimate of drug-likeness (QED) is 0.154. The third-order valence-corrected chi connectivity index (χ3v) is 6.44. The van der Waals surface area contributed by atoms with Crippen LogP contribution in [0.2, 0.25) is 0 Å². The molecule has 0 radical (unpaired) electrons. The molecule has 0 heterocycles. The summed E-state index contributed by atoms with van der Waals surface area (Å²) in [6.07, 6.45) is 5.43.